The number of carbonyl (C=O) groups is 1. The number of methoxy groups -OCH3 is 2. The van der Waals surface area contributed by atoms with Crippen molar-refractivity contribution in [3.63, 3.8) is 0 Å². The van der Waals surface area contributed by atoms with Gasteiger partial charge in [-0.3, -0.25) is 4.79 Å². The second kappa shape index (κ2) is 10.1. The quantitative estimate of drug-likeness (QED) is 0.350. The SMILES string of the molecule is COc1cc2nc(C)nc(N[C@@H](C)c3ccc(-c4ccc(CNC(C)=O)cc4)s3)c2cc1OC. The monoisotopic (exact) mass is 476 g/mol. The zero-order valence-corrected chi connectivity index (χ0v) is 20.7. The highest BCUT2D eigenvalue weighted by molar-refractivity contribution is 7.15. The first-order valence-corrected chi connectivity index (χ1v) is 11.8. The minimum atomic E-state index is -0.0299. The van der Waals surface area contributed by atoms with Gasteiger partial charge >= 0.3 is 0 Å². The number of ether oxygens (including phenoxy) is 2. The lowest BCUT2D eigenvalue weighted by Crippen LogP contribution is -2.18. The van der Waals surface area contributed by atoms with Gasteiger partial charge in [-0.25, -0.2) is 9.97 Å². The van der Waals surface area contributed by atoms with Crippen LogP contribution in [0, 0.1) is 6.92 Å². The maximum absolute atomic E-state index is 11.1. The van der Waals surface area contributed by atoms with E-state index in [0.717, 1.165) is 27.8 Å². The third kappa shape index (κ3) is 5.12. The van der Waals surface area contributed by atoms with Crippen LogP contribution in [0.25, 0.3) is 21.3 Å². The van der Waals surface area contributed by atoms with Crippen molar-refractivity contribution in [3.05, 3.63) is 64.8 Å². The second-order valence-electron chi connectivity index (χ2n) is 8.02. The first kappa shape index (κ1) is 23.5. The van der Waals surface area contributed by atoms with E-state index in [0.29, 0.717) is 23.9 Å². The molecule has 0 aliphatic rings. The molecule has 0 aliphatic heterocycles. The summed E-state index contributed by atoms with van der Waals surface area (Å²) in [6, 6.07) is 16.4. The number of aromatic nitrogens is 2. The number of thiophene rings is 1. The summed E-state index contributed by atoms with van der Waals surface area (Å²) in [7, 11) is 3.23. The molecule has 0 radical (unpaired) electrons. The van der Waals surface area contributed by atoms with Gasteiger partial charge in [-0.05, 0) is 43.2 Å². The number of aryl methyl sites for hydroxylation is 1. The molecule has 0 bridgehead atoms. The minimum Gasteiger partial charge on any atom is -0.493 e. The molecule has 0 spiro atoms. The Labute approximate surface area is 203 Å². The number of amides is 1. The predicted molar refractivity (Wildman–Crippen MR) is 137 cm³/mol. The average molecular weight is 477 g/mol. The van der Waals surface area contributed by atoms with E-state index in [1.54, 1.807) is 25.6 Å². The molecule has 2 aromatic heterocycles. The number of benzene rings is 2. The van der Waals surface area contributed by atoms with Crippen molar-refractivity contribution in [1.82, 2.24) is 15.3 Å². The molecule has 2 N–H and O–H groups in total. The lowest BCUT2D eigenvalue weighted by Gasteiger charge is -2.16. The number of hydrogen-bond acceptors (Lipinski definition) is 7. The largest absolute Gasteiger partial charge is 0.493 e. The number of fused-ring (bicyclic) bond motifs is 1. The molecule has 0 saturated carbocycles. The maximum Gasteiger partial charge on any atom is 0.217 e. The standard InChI is InChI=1S/C26H28N4O3S/c1-15(24-10-11-25(34-24)19-8-6-18(7-9-19)14-27-17(3)31)28-26-20-12-22(32-4)23(33-5)13-21(20)29-16(2)30-26/h6-13,15H,14H2,1-5H3,(H,27,31)(H,28,29,30)/t15-/m0/s1. The van der Waals surface area contributed by atoms with Crippen molar-refractivity contribution >= 4 is 34.0 Å². The van der Waals surface area contributed by atoms with E-state index in [4.69, 9.17) is 9.47 Å². The fraction of sp³-hybridized carbons (Fsp3) is 0.269. The van der Waals surface area contributed by atoms with Crippen molar-refractivity contribution in [3.8, 4) is 21.9 Å². The Bertz CT molecular complexity index is 1320. The highest BCUT2D eigenvalue weighted by atomic mass is 32.1. The van der Waals surface area contributed by atoms with Crippen LogP contribution in [0.5, 0.6) is 11.5 Å². The van der Waals surface area contributed by atoms with Gasteiger partial charge < -0.3 is 20.1 Å². The molecule has 1 amide bonds. The first-order valence-electron chi connectivity index (χ1n) is 11.0. The van der Waals surface area contributed by atoms with Crippen LogP contribution in [-0.2, 0) is 11.3 Å². The lowest BCUT2D eigenvalue weighted by molar-refractivity contribution is -0.119. The van der Waals surface area contributed by atoms with Crippen molar-refractivity contribution < 1.29 is 14.3 Å². The van der Waals surface area contributed by atoms with Gasteiger partial charge in [-0.1, -0.05) is 24.3 Å². The minimum absolute atomic E-state index is 0.0299. The molecule has 1 atom stereocenters. The zero-order chi connectivity index (χ0) is 24.2. The van der Waals surface area contributed by atoms with Gasteiger partial charge in [0.1, 0.15) is 11.6 Å². The fourth-order valence-corrected chi connectivity index (χ4v) is 4.73. The summed E-state index contributed by atoms with van der Waals surface area (Å²) in [5.74, 6) is 2.68. The molecule has 8 heteroatoms. The van der Waals surface area contributed by atoms with Crippen LogP contribution in [0.3, 0.4) is 0 Å². The number of nitrogens with zero attached hydrogens (tertiary/aromatic N) is 2. The maximum atomic E-state index is 11.1. The van der Waals surface area contributed by atoms with Crippen LogP contribution in [0.4, 0.5) is 5.82 Å². The summed E-state index contributed by atoms with van der Waals surface area (Å²) >= 11 is 1.74. The highest BCUT2D eigenvalue weighted by Gasteiger charge is 2.16. The van der Waals surface area contributed by atoms with Crippen LogP contribution in [0.1, 0.15) is 36.2 Å². The van der Waals surface area contributed by atoms with E-state index < -0.39 is 0 Å². The Morgan fingerprint density at radius 1 is 1.03 bits per heavy atom. The molecule has 0 aliphatic carbocycles. The molecular weight excluding hydrogens is 448 g/mol. The van der Waals surface area contributed by atoms with E-state index in [2.05, 4.69) is 51.8 Å². The van der Waals surface area contributed by atoms with Crippen LogP contribution < -0.4 is 20.1 Å². The van der Waals surface area contributed by atoms with Crippen molar-refractivity contribution in [2.45, 2.75) is 33.4 Å². The molecule has 0 unspecified atom stereocenters. The Balaban J connectivity index is 1.56. The molecular formula is C26H28N4O3S. The number of nitrogens with one attached hydrogen (secondary N) is 2. The van der Waals surface area contributed by atoms with Crippen LogP contribution in [0.15, 0.2) is 48.5 Å². The average Bonchev–Trinajstić information content (AvgIpc) is 3.32. The molecule has 7 nitrogen and oxygen atoms in total. The van der Waals surface area contributed by atoms with Crippen LogP contribution in [0.2, 0.25) is 0 Å². The van der Waals surface area contributed by atoms with Gasteiger partial charge in [0.15, 0.2) is 11.5 Å². The van der Waals surface area contributed by atoms with Gasteiger partial charge in [-0.15, -0.1) is 11.3 Å². The first-order chi connectivity index (χ1) is 16.4. The predicted octanol–water partition coefficient (Wildman–Crippen LogP) is 5.49. The van der Waals surface area contributed by atoms with E-state index in [-0.39, 0.29) is 11.9 Å². The van der Waals surface area contributed by atoms with Crippen LogP contribution in [-0.4, -0.2) is 30.1 Å². The summed E-state index contributed by atoms with van der Waals surface area (Å²) in [6.45, 7) is 6.06. The van der Waals surface area contributed by atoms with E-state index in [1.165, 1.54) is 16.7 Å². The molecule has 4 aromatic rings. The van der Waals surface area contributed by atoms with Gasteiger partial charge in [0.05, 0.1) is 25.8 Å². The van der Waals surface area contributed by atoms with Gasteiger partial charge in [0, 0.05) is 34.7 Å². The summed E-state index contributed by atoms with van der Waals surface area (Å²) in [4.78, 5) is 22.7. The highest BCUT2D eigenvalue weighted by Crippen LogP contribution is 2.37. The summed E-state index contributed by atoms with van der Waals surface area (Å²) in [5, 5.41) is 7.25. The Morgan fingerprint density at radius 3 is 2.41 bits per heavy atom. The number of rotatable bonds is 8. The van der Waals surface area contributed by atoms with Crippen LogP contribution >= 0.6 is 11.3 Å². The number of carbonyl (C=O) groups excluding carboxylic acids is 1. The van der Waals surface area contributed by atoms with Crippen molar-refractivity contribution in [1.29, 1.82) is 0 Å². The molecule has 2 aromatic carbocycles. The zero-order valence-electron chi connectivity index (χ0n) is 19.9. The normalized spacial score (nSPS) is 11.8. The smallest absolute Gasteiger partial charge is 0.217 e. The molecule has 176 valence electrons. The fourth-order valence-electron chi connectivity index (χ4n) is 3.71. The summed E-state index contributed by atoms with van der Waals surface area (Å²) in [5.41, 5.74) is 3.02. The number of anilines is 1. The van der Waals surface area contributed by atoms with Gasteiger partial charge in [0.25, 0.3) is 0 Å². The molecule has 0 saturated heterocycles. The Kier molecular flexibility index (Phi) is 6.98. The van der Waals surface area contributed by atoms with Crippen molar-refractivity contribution in [2.24, 2.45) is 0 Å². The third-order valence-electron chi connectivity index (χ3n) is 5.50. The molecule has 4 rings (SSSR count). The third-order valence-corrected chi connectivity index (χ3v) is 6.82. The summed E-state index contributed by atoms with van der Waals surface area (Å²) in [6.07, 6.45) is 0. The molecule has 2 heterocycles. The van der Waals surface area contributed by atoms with Gasteiger partial charge in [0.2, 0.25) is 5.91 Å². The second-order valence-corrected chi connectivity index (χ2v) is 9.13. The van der Waals surface area contributed by atoms with E-state index in [1.807, 2.05) is 31.2 Å². The lowest BCUT2D eigenvalue weighted by atomic mass is 10.1. The summed E-state index contributed by atoms with van der Waals surface area (Å²) < 4.78 is 10.9. The van der Waals surface area contributed by atoms with Gasteiger partial charge in [-0.2, -0.15) is 0 Å². The molecule has 0 fully saturated rings. The van der Waals surface area contributed by atoms with E-state index in [9.17, 15) is 4.79 Å². The number of hydrogen-bond donors (Lipinski definition) is 2. The topological polar surface area (TPSA) is 85.4 Å². The van der Waals surface area contributed by atoms with Crippen molar-refractivity contribution in [2.75, 3.05) is 19.5 Å². The van der Waals surface area contributed by atoms with E-state index >= 15 is 0 Å². The Morgan fingerprint density at radius 2 is 1.74 bits per heavy atom. The Hall–Kier alpha value is -3.65. The molecule has 34 heavy (non-hydrogen) atoms.